The molecule has 0 spiro atoms. The van der Waals surface area contributed by atoms with Crippen LogP contribution in [0.3, 0.4) is 0 Å². The van der Waals surface area contributed by atoms with Gasteiger partial charge in [-0.1, -0.05) is 0 Å². The zero-order valence-electron chi connectivity index (χ0n) is 14.7. The Bertz CT molecular complexity index is 1100. The molecule has 0 aliphatic carbocycles. The molecule has 1 aliphatic heterocycles. The van der Waals surface area contributed by atoms with Crippen molar-refractivity contribution in [3.05, 3.63) is 48.2 Å². The minimum Gasteiger partial charge on any atom is -0.416 e. The molecule has 0 unspecified atom stereocenters. The molecule has 0 radical (unpaired) electrons. The van der Waals surface area contributed by atoms with Crippen LogP contribution in [-0.2, 0) is 5.67 Å². The van der Waals surface area contributed by atoms with Gasteiger partial charge in [-0.15, -0.1) is 10.2 Å². The lowest BCUT2D eigenvalue weighted by atomic mass is 9.95. The summed E-state index contributed by atoms with van der Waals surface area (Å²) in [5, 5.41) is 25.9. The zero-order chi connectivity index (χ0) is 19.6. The van der Waals surface area contributed by atoms with Gasteiger partial charge in [-0.25, -0.2) is 9.37 Å². The van der Waals surface area contributed by atoms with E-state index in [9.17, 15) is 0 Å². The molecule has 0 amide bonds. The van der Waals surface area contributed by atoms with E-state index in [1.54, 1.807) is 36.7 Å². The smallest absolute Gasteiger partial charge is 0.266 e. The van der Waals surface area contributed by atoms with Gasteiger partial charge in [0.05, 0.1) is 6.54 Å². The van der Waals surface area contributed by atoms with E-state index < -0.39 is 5.67 Å². The molecular formula is C19H14FN7O. The molecule has 1 saturated heterocycles. The number of nitriles is 2. The van der Waals surface area contributed by atoms with Gasteiger partial charge < -0.3 is 9.32 Å². The van der Waals surface area contributed by atoms with Crippen LogP contribution in [-0.4, -0.2) is 38.2 Å². The van der Waals surface area contributed by atoms with Crippen LogP contribution in [0, 0.1) is 22.8 Å². The van der Waals surface area contributed by atoms with E-state index in [-0.39, 0.29) is 24.7 Å². The fourth-order valence-electron chi connectivity index (χ4n) is 3.18. The van der Waals surface area contributed by atoms with Gasteiger partial charge in [0.2, 0.25) is 5.67 Å². The summed E-state index contributed by atoms with van der Waals surface area (Å²) in [5.41, 5.74) is 0.405. The van der Waals surface area contributed by atoms with Crippen molar-refractivity contribution in [1.29, 1.82) is 10.5 Å². The SMILES string of the molecule is N#Cc1cc(-c2ccnc(-c3nnc([C@@]4(F)CCCN(C#N)C4)o3)c2)ccn1. The maximum Gasteiger partial charge on any atom is 0.266 e. The molecule has 9 heteroatoms. The minimum atomic E-state index is -1.86. The molecule has 1 fully saturated rings. The predicted molar refractivity (Wildman–Crippen MR) is 94.7 cm³/mol. The van der Waals surface area contributed by atoms with Crippen molar-refractivity contribution in [2.75, 3.05) is 13.1 Å². The maximum atomic E-state index is 15.3. The van der Waals surface area contributed by atoms with Gasteiger partial charge in [-0.3, -0.25) is 4.98 Å². The Morgan fingerprint density at radius 1 is 1.11 bits per heavy atom. The van der Waals surface area contributed by atoms with Gasteiger partial charge >= 0.3 is 0 Å². The third-order valence-corrected chi connectivity index (χ3v) is 4.58. The molecule has 138 valence electrons. The van der Waals surface area contributed by atoms with Crippen molar-refractivity contribution >= 4 is 0 Å². The summed E-state index contributed by atoms with van der Waals surface area (Å²) in [6.07, 6.45) is 5.83. The first-order chi connectivity index (χ1) is 13.6. The molecule has 0 N–H and O–H groups in total. The summed E-state index contributed by atoms with van der Waals surface area (Å²) >= 11 is 0. The van der Waals surface area contributed by atoms with E-state index in [2.05, 4.69) is 20.2 Å². The van der Waals surface area contributed by atoms with Crippen molar-refractivity contribution in [3.63, 3.8) is 0 Å². The van der Waals surface area contributed by atoms with E-state index >= 15 is 4.39 Å². The first kappa shape index (κ1) is 17.6. The standard InChI is InChI=1S/C19H14FN7O/c20-19(4-1-7-27(11-19)12-22)18-26-25-17(28-18)16-9-14(3-6-24-16)13-2-5-23-15(8-13)10-21/h2-3,5-6,8-9H,1,4,7,11H2/t19-/m1/s1. The molecule has 8 nitrogen and oxygen atoms in total. The number of hydrogen-bond donors (Lipinski definition) is 0. The summed E-state index contributed by atoms with van der Waals surface area (Å²) in [4.78, 5) is 9.53. The van der Waals surface area contributed by atoms with E-state index in [1.165, 1.54) is 4.90 Å². The number of halogens is 1. The summed E-state index contributed by atoms with van der Waals surface area (Å²) in [6.45, 7) is 0.413. The van der Waals surface area contributed by atoms with Crippen LogP contribution < -0.4 is 0 Å². The summed E-state index contributed by atoms with van der Waals surface area (Å²) in [7, 11) is 0. The fraction of sp³-hybridized carbons (Fsp3) is 0.263. The van der Waals surface area contributed by atoms with Crippen molar-refractivity contribution in [1.82, 2.24) is 25.1 Å². The van der Waals surface area contributed by atoms with E-state index in [0.717, 1.165) is 11.1 Å². The number of alkyl halides is 1. The Hall–Kier alpha value is -3.85. The van der Waals surface area contributed by atoms with Crippen LogP contribution in [0.1, 0.15) is 24.4 Å². The second-order valence-corrected chi connectivity index (χ2v) is 6.47. The lowest BCUT2D eigenvalue weighted by Gasteiger charge is -2.31. The highest BCUT2D eigenvalue weighted by atomic mass is 19.1. The minimum absolute atomic E-state index is 0.0949. The average Bonchev–Trinajstić information content (AvgIpc) is 3.25. The van der Waals surface area contributed by atoms with Crippen LogP contribution in [0.5, 0.6) is 0 Å². The molecule has 0 aromatic carbocycles. The van der Waals surface area contributed by atoms with Crippen molar-refractivity contribution < 1.29 is 8.81 Å². The number of rotatable bonds is 3. The highest BCUT2D eigenvalue weighted by Crippen LogP contribution is 2.36. The van der Waals surface area contributed by atoms with Crippen LogP contribution in [0.25, 0.3) is 22.7 Å². The molecule has 4 rings (SSSR count). The Labute approximate surface area is 159 Å². The quantitative estimate of drug-likeness (QED) is 0.642. The molecule has 0 saturated carbocycles. The first-order valence-corrected chi connectivity index (χ1v) is 8.62. The van der Waals surface area contributed by atoms with Gasteiger partial charge in [-0.2, -0.15) is 10.5 Å². The van der Waals surface area contributed by atoms with Gasteiger partial charge in [0.15, 0.2) is 6.19 Å². The van der Waals surface area contributed by atoms with Crippen molar-refractivity contribution in [2.24, 2.45) is 0 Å². The number of aromatic nitrogens is 4. The molecule has 28 heavy (non-hydrogen) atoms. The Kier molecular flexibility index (Phi) is 4.42. The molecule has 3 aromatic rings. The number of hydrogen-bond acceptors (Lipinski definition) is 8. The Balaban J connectivity index is 1.64. The Morgan fingerprint density at radius 2 is 1.89 bits per heavy atom. The van der Waals surface area contributed by atoms with Gasteiger partial charge in [-0.05, 0) is 48.2 Å². The number of pyridine rings is 2. The number of nitrogens with zero attached hydrogens (tertiary/aromatic N) is 7. The maximum absolute atomic E-state index is 15.3. The van der Waals surface area contributed by atoms with Gasteiger partial charge in [0.1, 0.15) is 17.5 Å². The third-order valence-electron chi connectivity index (χ3n) is 4.58. The predicted octanol–water partition coefficient (Wildman–Crippen LogP) is 2.81. The third kappa shape index (κ3) is 3.26. The molecular weight excluding hydrogens is 361 g/mol. The summed E-state index contributed by atoms with van der Waals surface area (Å²) in [6, 6.07) is 8.93. The van der Waals surface area contributed by atoms with Crippen LogP contribution in [0.2, 0.25) is 0 Å². The topological polar surface area (TPSA) is 116 Å². The van der Waals surface area contributed by atoms with Crippen molar-refractivity contribution in [2.45, 2.75) is 18.5 Å². The second-order valence-electron chi connectivity index (χ2n) is 6.47. The summed E-state index contributed by atoms with van der Waals surface area (Å²) < 4.78 is 20.8. The molecule has 1 atom stereocenters. The van der Waals surface area contributed by atoms with Crippen molar-refractivity contribution in [3.8, 4) is 35.0 Å². The second kappa shape index (κ2) is 7.05. The molecule has 3 aromatic heterocycles. The lowest BCUT2D eigenvalue weighted by Crippen LogP contribution is -2.41. The highest BCUT2D eigenvalue weighted by Gasteiger charge is 2.42. The Morgan fingerprint density at radius 3 is 2.68 bits per heavy atom. The number of piperidine rings is 1. The van der Waals surface area contributed by atoms with E-state index in [0.29, 0.717) is 24.4 Å². The molecule has 0 bridgehead atoms. The summed E-state index contributed by atoms with van der Waals surface area (Å²) in [5.74, 6) is -0.0529. The largest absolute Gasteiger partial charge is 0.416 e. The highest BCUT2D eigenvalue weighted by molar-refractivity contribution is 5.67. The normalized spacial score (nSPS) is 19.0. The van der Waals surface area contributed by atoms with Crippen LogP contribution >= 0.6 is 0 Å². The van der Waals surface area contributed by atoms with Crippen LogP contribution in [0.4, 0.5) is 4.39 Å². The molecule has 1 aliphatic rings. The molecule has 4 heterocycles. The van der Waals surface area contributed by atoms with E-state index in [1.807, 2.05) is 12.3 Å². The van der Waals surface area contributed by atoms with Gasteiger partial charge in [0, 0.05) is 18.9 Å². The van der Waals surface area contributed by atoms with E-state index in [4.69, 9.17) is 14.9 Å². The average molecular weight is 375 g/mol. The lowest BCUT2D eigenvalue weighted by molar-refractivity contribution is 0.0438. The first-order valence-electron chi connectivity index (χ1n) is 8.62. The number of likely N-dealkylation sites (tertiary alicyclic amines) is 1. The monoisotopic (exact) mass is 375 g/mol. The fourth-order valence-corrected chi connectivity index (χ4v) is 3.18. The van der Waals surface area contributed by atoms with Gasteiger partial charge in [0.25, 0.3) is 11.8 Å². The van der Waals surface area contributed by atoms with Crippen LogP contribution in [0.15, 0.2) is 41.1 Å². The zero-order valence-corrected chi connectivity index (χ0v) is 14.7.